The summed E-state index contributed by atoms with van der Waals surface area (Å²) in [5, 5.41) is 5.04. The van der Waals surface area contributed by atoms with Gasteiger partial charge in [-0.15, -0.1) is 0 Å². The van der Waals surface area contributed by atoms with Gasteiger partial charge in [0.05, 0.1) is 10.9 Å². The summed E-state index contributed by atoms with van der Waals surface area (Å²) in [4.78, 5) is 17.6. The molecular weight excluding hydrogens is 484 g/mol. The van der Waals surface area contributed by atoms with Crippen LogP contribution in [0.25, 0.3) is 16.5 Å². The molecule has 4 aromatic carbocycles. The van der Waals surface area contributed by atoms with E-state index in [0.717, 1.165) is 22.0 Å². The van der Waals surface area contributed by atoms with E-state index in [1.54, 1.807) is 31.3 Å². The Kier molecular flexibility index (Phi) is 6.74. The van der Waals surface area contributed by atoms with Crippen molar-refractivity contribution in [2.24, 2.45) is 0 Å². The maximum Gasteiger partial charge on any atom is 0.329 e. The Hall–Kier alpha value is -4.43. The predicted molar refractivity (Wildman–Crippen MR) is 144 cm³/mol. The van der Waals surface area contributed by atoms with Gasteiger partial charge in [0.2, 0.25) is 0 Å². The second kappa shape index (κ2) is 10.3. The third-order valence-electron chi connectivity index (χ3n) is 6.19. The molecule has 5 aromatic rings. The molecule has 2 amide bonds. The van der Waals surface area contributed by atoms with E-state index in [1.807, 2.05) is 77.5 Å². The van der Waals surface area contributed by atoms with E-state index in [4.69, 9.17) is 0 Å². The number of imidazole rings is 1. The minimum absolute atomic E-state index is 0.0578. The first-order chi connectivity index (χ1) is 17.9. The van der Waals surface area contributed by atoms with E-state index in [9.17, 15) is 13.2 Å². The van der Waals surface area contributed by atoms with Gasteiger partial charge in [-0.25, -0.2) is 22.9 Å². The fraction of sp³-hybridized carbons (Fsp3) is 0.103. The summed E-state index contributed by atoms with van der Waals surface area (Å²) >= 11 is 0. The molecule has 5 rings (SSSR count). The third kappa shape index (κ3) is 5.39. The van der Waals surface area contributed by atoms with E-state index in [1.165, 1.54) is 6.07 Å². The molecule has 0 fully saturated rings. The van der Waals surface area contributed by atoms with Crippen LogP contribution in [0.4, 0.5) is 4.79 Å². The zero-order valence-electron chi connectivity index (χ0n) is 20.2. The monoisotopic (exact) mass is 510 g/mol. The van der Waals surface area contributed by atoms with Crippen LogP contribution in [0.2, 0.25) is 0 Å². The Morgan fingerprint density at radius 2 is 1.59 bits per heavy atom. The summed E-state index contributed by atoms with van der Waals surface area (Å²) in [6.07, 6.45) is 3.93. The summed E-state index contributed by atoms with van der Waals surface area (Å²) in [7, 11) is -4.05. The van der Waals surface area contributed by atoms with E-state index in [2.05, 4.69) is 21.1 Å². The van der Waals surface area contributed by atoms with Crippen LogP contribution in [0.15, 0.2) is 114 Å². The number of hydrogen-bond acceptors (Lipinski definition) is 4. The molecule has 0 bridgehead atoms. The Morgan fingerprint density at radius 3 is 2.38 bits per heavy atom. The summed E-state index contributed by atoms with van der Waals surface area (Å²) in [5.41, 5.74) is 2.41. The first-order valence-corrected chi connectivity index (χ1v) is 13.3. The number of nitrogens with zero attached hydrogens (tertiary/aromatic N) is 2. The predicted octanol–water partition coefficient (Wildman–Crippen LogP) is 5.31. The van der Waals surface area contributed by atoms with E-state index in [0.29, 0.717) is 17.8 Å². The van der Waals surface area contributed by atoms with E-state index < -0.39 is 22.1 Å². The molecule has 1 aromatic heterocycles. The zero-order chi connectivity index (χ0) is 25.8. The van der Waals surface area contributed by atoms with Gasteiger partial charge in [0.15, 0.2) is 0 Å². The van der Waals surface area contributed by atoms with E-state index in [-0.39, 0.29) is 4.90 Å². The Morgan fingerprint density at radius 1 is 0.892 bits per heavy atom. The molecule has 2 N–H and O–H groups in total. The van der Waals surface area contributed by atoms with Gasteiger partial charge < -0.3 is 9.88 Å². The van der Waals surface area contributed by atoms with Crippen LogP contribution in [0, 0.1) is 6.92 Å². The quantitative estimate of drug-likeness (QED) is 0.311. The largest absolute Gasteiger partial charge is 0.329 e. The van der Waals surface area contributed by atoms with Crippen LogP contribution < -0.4 is 10.0 Å². The van der Waals surface area contributed by atoms with Crippen molar-refractivity contribution in [1.29, 1.82) is 0 Å². The second-order valence-corrected chi connectivity index (χ2v) is 10.4. The molecule has 1 atom stereocenters. The summed E-state index contributed by atoms with van der Waals surface area (Å²) in [6.45, 7) is 1.69. The molecule has 1 heterocycles. The van der Waals surface area contributed by atoms with Crippen molar-refractivity contribution >= 4 is 26.8 Å². The molecule has 0 spiro atoms. The number of aryl methyl sites for hydroxylation is 1. The van der Waals surface area contributed by atoms with Crippen molar-refractivity contribution < 1.29 is 13.2 Å². The molecule has 8 heteroatoms. The fourth-order valence-electron chi connectivity index (χ4n) is 4.40. The second-order valence-electron chi connectivity index (χ2n) is 8.77. The average molecular weight is 511 g/mol. The van der Waals surface area contributed by atoms with Gasteiger partial charge in [-0.05, 0) is 53.4 Å². The number of carbonyl (C=O) groups excluding carboxylic acids is 1. The Balaban J connectivity index is 1.47. The lowest BCUT2D eigenvalue weighted by atomic mass is 10.0. The molecule has 0 aliphatic carbocycles. The highest BCUT2D eigenvalue weighted by atomic mass is 32.2. The first-order valence-electron chi connectivity index (χ1n) is 11.9. The zero-order valence-corrected chi connectivity index (χ0v) is 21.0. The van der Waals surface area contributed by atoms with Crippen molar-refractivity contribution in [3.8, 4) is 5.69 Å². The van der Waals surface area contributed by atoms with Gasteiger partial charge >= 0.3 is 6.03 Å². The lowest BCUT2D eigenvalue weighted by molar-refractivity contribution is 0.241. The number of urea groups is 1. The van der Waals surface area contributed by atoms with E-state index >= 15 is 0 Å². The smallest absolute Gasteiger partial charge is 0.327 e. The van der Waals surface area contributed by atoms with Crippen LogP contribution in [0.5, 0.6) is 0 Å². The Bertz CT molecular complexity index is 1660. The standard InChI is InChI=1S/C29H26N4O3S/c1-21-9-5-8-14-27(21)37(35,36)32-29(34)31-26(19-22-10-3-2-4-11-22)28-30-17-18-33(28)25-16-15-23-12-6-7-13-24(23)20-25/h2-18,20,26H,19H2,1H3,(H2,31,32,34)/t26-/m0/s1. The number of sulfonamides is 1. The molecule has 7 nitrogen and oxygen atoms in total. The summed E-state index contributed by atoms with van der Waals surface area (Å²) < 4.78 is 29.9. The average Bonchev–Trinajstić information content (AvgIpc) is 3.38. The van der Waals surface area contributed by atoms with Crippen molar-refractivity contribution in [2.45, 2.75) is 24.3 Å². The van der Waals surface area contributed by atoms with Crippen LogP contribution >= 0.6 is 0 Å². The number of fused-ring (bicyclic) bond motifs is 1. The van der Waals surface area contributed by atoms with Gasteiger partial charge in [-0.3, -0.25) is 0 Å². The number of benzene rings is 4. The maximum absolute atomic E-state index is 13.0. The van der Waals surface area contributed by atoms with Crippen LogP contribution in [0.1, 0.15) is 23.0 Å². The number of rotatable bonds is 7. The van der Waals surface area contributed by atoms with Crippen LogP contribution in [-0.2, 0) is 16.4 Å². The molecule has 0 unspecified atom stereocenters. The molecule has 0 aliphatic rings. The van der Waals surface area contributed by atoms with Crippen molar-refractivity contribution in [1.82, 2.24) is 19.6 Å². The van der Waals surface area contributed by atoms with Gasteiger partial charge in [0, 0.05) is 18.1 Å². The maximum atomic E-state index is 13.0. The normalized spacial score (nSPS) is 12.2. The van der Waals surface area contributed by atoms with Gasteiger partial charge in [-0.2, -0.15) is 0 Å². The molecule has 0 saturated carbocycles. The molecule has 0 radical (unpaired) electrons. The molecule has 0 saturated heterocycles. The van der Waals surface area contributed by atoms with Gasteiger partial charge in [0.1, 0.15) is 5.82 Å². The lowest BCUT2D eigenvalue weighted by Crippen LogP contribution is -2.42. The minimum Gasteiger partial charge on any atom is -0.327 e. The third-order valence-corrected chi connectivity index (χ3v) is 7.68. The van der Waals surface area contributed by atoms with Gasteiger partial charge in [0.25, 0.3) is 10.0 Å². The lowest BCUT2D eigenvalue weighted by Gasteiger charge is -2.21. The minimum atomic E-state index is -4.05. The number of carbonyl (C=O) groups is 1. The van der Waals surface area contributed by atoms with Crippen molar-refractivity contribution in [3.05, 3.63) is 126 Å². The summed E-state index contributed by atoms with van der Waals surface area (Å²) in [6, 6.07) is 28.9. The highest BCUT2D eigenvalue weighted by molar-refractivity contribution is 7.90. The van der Waals surface area contributed by atoms with Crippen LogP contribution in [0.3, 0.4) is 0 Å². The molecule has 37 heavy (non-hydrogen) atoms. The number of nitrogens with one attached hydrogen (secondary N) is 2. The first kappa shape index (κ1) is 24.3. The van der Waals surface area contributed by atoms with Crippen LogP contribution in [-0.4, -0.2) is 24.0 Å². The van der Waals surface area contributed by atoms with Crippen molar-refractivity contribution in [2.75, 3.05) is 0 Å². The Labute approximate surface area is 215 Å². The fourth-order valence-corrected chi connectivity index (χ4v) is 5.56. The van der Waals surface area contributed by atoms with Crippen molar-refractivity contribution in [3.63, 3.8) is 0 Å². The van der Waals surface area contributed by atoms with Gasteiger partial charge in [-0.1, -0.05) is 78.9 Å². The number of aromatic nitrogens is 2. The topological polar surface area (TPSA) is 93.1 Å². The molecular formula is C29H26N4O3S. The number of hydrogen-bond donors (Lipinski definition) is 2. The number of amides is 2. The molecule has 0 aliphatic heterocycles. The summed E-state index contributed by atoms with van der Waals surface area (Å²) in [5.74, 6) is 0.586. The highest BCUT2D eigenvalue weighted by Gasteiger charge is 2.25. The SMILES string of the molecule is Cc1ccccc1S(=O)(=O)NC(=O)N[C@@H](Cc1ccccc1)c1nccn1-c1ccc2ccccc2c1. The molecule has 186 valence electrons. The highest BCUT2D eigenvalue weighted by Crippen LogP contribution is 2.24.